The lowest BCUT2D eigenvalue weighted by Gasteiger charge is -2.21. The number of hydrogen-bond acceptors (Lipinski definition) is 5. The van der Waals surface area contributed by atoms with Crippen LogP contribution < -0.4 is 21.3 Å². The molecule has 2 amide bonds. The molecular formula is C22H26N6O. The van der Waals surface area contributed by atoms with Gasteiger partial charge in [0.15, 0.2) is 0 Å². The molecular weight excluding hydrogens is 364 g/mol. The highest BCUT2D eigenvalue weighted by molar-refractivity contribution is 6.00. The molecule has 0 radical (unpaired) electrons. The van der Waals surface area contributed by atoms with E-state index in [2.05, 4.69) is 52.0 Å². The van der Waals surface area contributed by atoms with Crippen LogP contribution in [0.5, 0.6) is 0 Å². The molecule has 0 aliphatic rings. The molecule has 29 heavy (non-hydrogen) atoms. The number of benzene rings is 2. The van der Waals surface area contributed by atoms with Crippen molar-refractivity contribution in [3.8, 4) is 0 Å². The Labute approximate surface area is 171 Å². The molecule has 2 aromatic carbocycles. The van der Waals surface area contributed by atoms with Crippen LogP contribution in [-0.2, 0) is 0 Å². The van der Waals surface area contributed by atoms with Crippen LogP contribution in [0, 0.1) is 6.92 Å². The van der Waals surface area contributed by atoms with Crippen LogP contribution in [0.4, 0.5) is 33.6 Å². The summed E-state index contributed by atoms with van der Waals surface area (Å²) < 4.78 is 0. The number of amides is 2. The van der Waals surface area contributed by atoms with Gasteiger partial charge in [-0.3, -0.25) is 0 Å². The third-order valence-corrected chi connectivity index (χ3v) is 3.87. The normalized spacial score (nSPS) is 10.9. The lowest BCUT2D eigenvalue weighted by molar-refractivity contribution is 0.262. The number of aryl methyl sites for hydroxylation is 1. The molecule has 0 aliphatic heterocycles. The highest BCUT2D eigenvalue weighted by Gasteiger charge is 2.13. The van der Waals surface area contributed by atoms with Crippen molar-refractivity contribution in [1.29, 1.82) is 0 Å². The minimum atomic E-state index is -0.303. The van der Waals surface area contributed by atoms with Crippen molar-refractivity contribution in [3.63, 3.8) is 0 Å². The Hall–Kier alpha value is -3.61. The fraction of sp³-hybridized carbons (Fsp3) is 0.227. The average molecular weight is 390 g/mol. The second kappa shape index (κ2) is 8.60. The maximum atomic E-state index is 12.2. The van der Waals surface area contributed by atoms with Crippen LogP contribution >= 0.6 is 0 Å². The average Bonchev–Trinajstić information content (AvgIpc) is 2.64. The van der Waals surface area contributed by atoms with Gasteiger partial charge in [-0.1, -0.05) is 24.3 Å². The first-order valence-electron chi connectivity index (χ1n) is 9.40. The smallest absolute Gasteiger partial charge is 0.323 e. The van der Waals surface area contributed by atoms with Crippen LogP contribution in [0.15, 0.2) is 60.8 Å². The molecule has 0 unspecified atom stereocenters. The number of para-hydroxylation sites is 1. The lowest BCUT2D eigenvalue weighted by Crippen LogP contribution is -2.27. The van der Waals surface area contributed by atoms with E-state index in [4.69, 9.17) is 0 Å². The second-order valence-corrected chi connectivity index (χ2v) is 7.75. The van der Waals surface area contributed by atoms with E-state index in [0.717, 1.165) is 16.9 Å². The quantitative estimate of drug-likeness (QED) is 0.469. The zero-order valence-corrected chi connectivity index (χ0v) is 17.1. The van der Waals surface area contributed by atoms with Crippen molar-refractivity contribution >= 4 is 34.9 Å². The minimum Gasteiger partial charge on any atom is -0.350 e. The van der Waals surface area contributed by atoms with E-state index in [1.807, 2.05) is 61.5 Å². The largest absolute Gasteiger partial charge is 0.350 e. The van der Waals surface area contributed by atoms with E-state index in [1.54, 1.807) is 6.20 Å². The van der Waals surface area contributed by atoms with E-state index in [0.29, 0.717) is 17.5 Å². The third-order valence-electron chi connectivity index (χ3n) is 3.87. The molecule has 0 aliphatic carbocycles. The molecule has 0 bridgehead atoms. The van der Waals surface area contributed by atoms with Gasteiger partial charge in [-0.25, -0.2) is 9.78 Å². The molecule has 4 N–H and O–H groups in total. The van der Waals surface area contributed by atoms with Gasteiger partial charge in [-0.15, -0.1) is 0 Å². The van der Waals surface area contributed by atoms with Gasteiger partial charge in [0.2, 0.25) is 5.95 Å². The second-order valence-electron chi connectivity index (χ2n) is 7.75. The lowest BCUT2D eigenvalue weighted by atomic mass is 10.1. The maximum absolute atomic E-state index is 12.2. The molecule has 3 aromatic rings. The number of anilines is 5. The molecule has 150 valence electrons. The van der Waals surface area contributed by atoms with Crippen LogP contribution in [0.3, 0.4) is 0 Å². The summed E-state index contributed by atoms with van der Waals surface area (Å²) >= 11 is 0. The number of carbonyl (C=O) groups excluding carboxylic acids is 1. The van der Waals surface area contributed by atoms with Crippen molar-refractivity contribution in [2.45, 2.75) is 33.2 Å². The number of rotatable bonds is 5. The number of hydrogen-bond donors (Lipinski definition) is 4. The van der Waals surface area contributed by atoms with Crippen molar-refractivity contribution < 1.29 is 4.79 Å². The summed E-state index contributed by atoms with van der Waals surface area (Å²) in [5.74, 6) is 1.26. The standard InChI is InChI=1S/C22H26N6O/c1-15-14-23-20(28-22(2,3)4)27-19(15)24-17-11-8-12-18(13-17)26-21(29)25-16-9-6-5-7-10-16/h5-14H,1-4H3,(H2,25,26,29)(H2,23,24,27,28). The van der Waals surface area contributed by atoms with Crippen molar-refractivity contribution in [2.75, 3.05) is 21.3 Å². The number of urea groups is 1. The Morgan fingerprint density at radius 1 is 0.897 bits per heavy atom. The van der Waals surface area contributed by atoms with Crippen molar-refractivity contribution in [3.05, 3.63) is 66.4 Å². The van der Waals surface area contributed by atoms with Gasteiger partial charge in [-0.2, -0.15) is 4.98 Å². The Bertz CT molecular complexity index is 982. The SMILES string of the molecule is Cc1cnc(NC(C)(C)C)nc1Nc1cccc(NC(=O)Nc2ccccc2)c1. The maximum Gasteiger partial charge on any atom is 0.323 e. The van der Waals surface area contributed by atoms with Gasteiger partial charge in [0.1, 0.15) is 5.82 Å². The first-order chi connectivity index (χ1) is 13.8. The molecule has 0 spiro atoms. The Morgan fingerprint density at radius 2 is 1.55 bits per heavy atom. The zero-order valence-electron chi connectivity index (χ0n) is 17.1. The first-order valence-corrected chi connectivity index (χ1v) is 9.40. The topological polar surface area (TPSA) is 91.0 Å². The molecule has 7 nitrogen and oxygen atoms in total. The number of carbonyl (C=O) groups is 1. The molecule has 0 saturated carbocycles. The first kappa shape index (κ1) is 20.1. The predicted molar refractivity (Wildman–Crippen MR) is 119 cm³/mol. The van der Waals surface area contributed by atoms with E-state index in [-0.39, 0.29) is 11.6 Å². The Kier molecular flexibility index (Phi) is 5.97. The van der Waals surface area contributed by atoms with Gasteiger partial charge in [-0.05, 0) is 58.0 Å². The summed E-state index contributed by atoms with van der Waals surface area (Å²) in [7, 11) is 0. The number of aromatic nitrogens is 2. The molecule has 0 atom stereocenters. The van der Waals surface area contributed by atoms with E-state index in [1.165, 1.54) is 0 Å². The summed E-state index contributed by atoms with van der Waals surface area (Å²) in [6.07, 6.45) is 1.78. The molecule has 7 heteroatoms. The molecule has 1 aromatic heterocycles. The van der Waals surface area contributed by atoms with Crippen LogP contribution in [-0.4, -0.2) is 21.5 Å². The van der Waals surface area contributed by atoms with E-state index >= 15 is 0 Å². The van der Waals surface area contributed by atoms with Gasteiger partial charge >= 0.3 is 6.03 Å². The monoisotopic (exact) mass is 390 g/mol. The van der Waals surface area contributed by atoms with E-state index < -0.39 is 0 Å². The summed E-state index contributed by atoms with van der Waals surface area (Å²) in [4.78, 5) is 21.1. The highest BCUT2D eigenvalue weighted by Crippen LogP contribution is 2.23. The summed E-state index contributed by atoms with van der Waals surface area (Å²) in [6.45, 7) is 8.11. The van der Waals surface area contributed by atoms with Gasteiger partial charge in [0.05, 0.1) is 0 Å². The molecule has 0 saturated heterocycles. The molecule has 1 heterocycles. The third kappa shape index (κ3) is 6.21. The van der Waals surface area contributed by atoms with Crippen LogP contribution in [0.2, 0.25) is 0 Å². The Morgan fingerprint density at radius 3 is 2.28 bits per heavy atom. The summed E-state index contributed by atoms with van der Waals surface area (Å²) in [5.41, 5.74) is 3.00. The van der Waals surface area contributed by atoms with Gasteiger partial charge in [0, 0.05) is 34.4 Å². The van der Waals surface area contributed by atoms with Gasteiger partial charge < -0.3 is 21.3 Å². The van der Waals surface area contributed by atoms with Gasteiger partial charge in [0.25, 0.3) is 0 Å². The number of nitrogens with zero attached hydrogens (tertiary/aromatic N) is 2. The fourth-order valence-corrected chi connectivity index (χ4v) is 2.59. The number of nitrogens with one attached hydrogen (secondary N) is 4. The molecule has 0 fully saturated rings. The fourth-order valence-electron chi connectivity index (χ4n) is 2.59. The van der Waals surface area contributed by atoms with Crippen molar-refractivity contribution in [1.82, 2.24) is 9.97 Å². The zero-order chi connectivity index (χ0) is 20.9. The van der Waals surface area contributed by atoms with E-state index in [9.17, 15) is 4.79 Å². The summed E-state index contributed by atoms with van der Waals surface area (Å²) in [6, 6.07) is 16.5. The van der Waals surface area contributed by atoms with Crippen LogP contribution in [0.1, 0.15) is 26.3 Å². The minimum absolute atomic E-state index is 0.136. The van der Waals surface area contributed by atoms with Crippen molar-refractivity contribution in [2.24, 2.45) is 0 Å². The molecule has 3 rings (SSSR count). The van der Waals surface area contributed by atoms with Crippen LogP contribution in [0.25, 0.3) is 0 Å². The summed E-state index contributed by atoms with van der Waals surface area (Å²) in [5, 5.41) is 12.2. The Balaban J connectivity index is 1.70. The highest BCUT2D eigenvalue weighted by atomic mass is 16.2. The predicted octanol–water partition coefficient (Wildman–Crippen LogP) is 5.38.